The molecule has 0 heterocycles. The van der Waals surface area contributed by atoms with Gasteiger partial charge in [0.05, 0.1) is 6.61 Å². The average molecular weight is 264 g/mol. The van der Waals surface area contributed by atoms with Crippen LogP contribution in [-0.4, -0.2) is 18.3 Å². The van der Waals surface area contributed by atoms with Gasteiger partial charge >= 0.3 is 0 Å². The number of hydrogen-bond donors (Lipinski definition) is 1. The number of rotatable bonds is 9. The van der Waals surface area contributed by atoms with Crippen molar-refractivity contribution in [1.29, 1.82) is 0 Å². The fourth-order valence-corrected chi connectivity index (χ4v) is 2.56. The van der Waals surface area contributed by atoms with Crippen molar-refractivity contribution in [2.45, 2.75) is 40.2 Å². The summed E-state index contributed by atoms with van der Waals surface area (Å²) in [6, 6.07) is 10.3. The van der Waals surface area contributed by atoms with E-state index in [-0.39, 0.29) is 0 Å². The lowest BCUT2D eigenvalue weighted by Gasteiger charge is -2.19. The third-order valence-corrected chi connectivity index (χ3v) is 3.44. The van der Waals surface area contributed by atoms with Gasteiger partial charge in [0.2, 0.25) is 0 Å². The molecule has 0 fully saturated rings. The summed E-state index contributed by atoms with van der Waals surface area (Å²) in [4.78, 5) is 0. The summed E-state index contributed by atoms with van der Waals surface area (Å²) in [5, 5.41) is 9.06. The van der Waals surface area contributed by atoms with E-state index >= 15 is 0 Å². The Morgan fingerprint density at radius 3 is 2.21 bits per heavy atom. The van der Waals surface area contributed by atoms with Crippen molar-refractivity contribution in [3.8, 4) is 0 Å². The first-order valence-electron chi connectivity index (χ1n) is 7.34. The predicted molar refractivity (Wildman–Crippen MR) is 79.9 cm³/mol. The molecule has 1 N–H and O–H groups in total. The lowest BCUT2D eigenvalue weighted by Crippen LogP contribution is -2.13. The first-order chi connectivity index (χ1) is 9.11. The highest BCUT2D eigenvalue weighted by molar-refractivity contribution is 5.13. The molecule has 0 aliphatic heterocycles. The van der Waals surface area contributed by atoms with E-state index in [1.807, 2.05) is 18.2 Å². The number of ether oxygens (including phenoxy) is 1. The maximum atomic E-state index is 9.06. The molecule has 1 aromatic rings. The lowest BCUT2D eigenvalue weighted by molar-refractivity contribution is 0.0825. The van der Waals surface area contributed by atoms with Crippen LogP contribution in [0.4, 0.5) is 0 Å². The second-order valence-electron chi connectivity index (χ2n) is 5.97. The number of aliphatic hydroxyl groups is 1. The molecule has 0 spiro atoms. The van der Waals surface area contributed by atoms with Crippen LogP contribution in [0.3, 0.4) is 0 Å². The Hall–Kier alpha value is -0.860. The maximum Gasteiger partial charge on any atom is 0.0717 e. The summed E-state index contributed by atoms with van der Waals surface area (Å²) in [6.45, 7) is 8.42. The Morgan fingerprint density at radius 1 is 0.947 bits per heavy atom. The maximum absolute atomic E-state index is 9.06. The quantitative estimate of drug-likeness (QED) is 0.733. The Morgan fingerprint density at radius 2 is 1.58 bits per heavy atom. The van der Waals surface area contributed by atoms with Crippen molar-refractivity contribution in [3.63, 3.8) is 0 Å². The minimum atomic E-state index is 0.295. The van der Waals surface area contributed by atoms with Gasteiger partial charge in [-0.15, -0.1) is 0 Å². The van der Waals surface area contributed by atoms with Gasteiger partial charge in [-0.05, 0) is 36.2 Å². The molecule has 1 rings (SSSR count). The smallest absolute Gasteiger partial charge is 0.0717 e. The van der Waals surface area contributed by atoms with Crippen LogP contribution in [0.2, 0.25) is 0 Å². The van der Waals surface area contributed by atoms with Gasteiger partial charge in [-0.3, -0.25) is 0 Å². The van der Waals surface area contributed by atoms with Gasteiger partial charge in [0.1, 0.15) is 0 Å². The summed E-state index contributed by atoms with van der Waals surface area (Å²) < 4.78 is 5.76. The predicted octanol–water partition coefficient (Wildman–Crippen LogP) is 3.88. The van der Waals surface area contributed by atoms with Crippen molar-refractivity contribution in [1.82, 2.24) is 0 Å². The van der Waals surface area contributed by atoms with Crippen LogP contribution in [0.15, 0.2) is 30.3 Å². The average Bonchev–Trinajstić information content (AvgIpc) is 2.39. The Labute approximate surface area is 117 Å². The highest BCUT2D eigenvalue weighted by Crippen LogP contribution is 2.20. The minimum absolute atomic E-state index is 0.295. The summed E-state index contributed by atoms with van der Waals surface area (Å²) >= 11 is 0. The molecule has 0 bridgehead atoms. The summed E-state index contributed by atoms with van der Waals surface area (Å²) in [7, 11) is 0. The lowest BCUT2D eigenvalue weighted by atomic mass is 9.90. The molecule has 1 aromatic carbocycles. The molecular formula is C17H28O2. The van der Waals surface area contributed by atoms with Crippen LogP contribution in [0.5, 0.6) is 0 Å². The number of hydrogen-bond acceptors (Lipinski definition) is 2. The number of aliphatic hydroxyl groups excluding tert-OH is 1. The Kier molecular flexibility index (Phi) is 7.76. The molecule has 19 heavy (non-hydrogen) atoms. The van der Waals surface area contributed by atoms with Crippen LogP contribution in [0, 0.1) is 17.8 Å². The van der Waals surface area contributed by atoms with Crippen LogP contribution in [0.25, 0.3) is 0 Å². The zero-order chi connectivity index (χ0) is 14.1. The summed E-state index contributed by atoms with van der Waals surface area (Å²) in [5.41, 5.74) is 1.23. The summed E-state index contributed by atoms with van der Waals surface area (Å²) in [5.74, 6) is 1.63. The van der Waals surface area contributed by atoms with E-state index in [2.05, 4.69) is 32.9 Å². The van der Waals surface area contributed by atoms with Crippen LogP contribution in [-0.2, 0) is 11.3 Å². The van der Waals surface area contributed by atoms with Crippen molar-refractivity contribution in [2.75, 3.05) is 13.2 Å². The monoisotopic (exact) mass is 264 g/mol. The molecular weight excluding hydrogens is 236 g/mol. The van der Waals surface area contributed by atoms with Gasteiger partial charge in [-0.2, -0.15) is 0 Å². The second kappa shape index (κ2) is 9.11. The molecule has 0 aliphatic rings. The van der Waals surface area contributed by atoms with Gasteiger partial charge in [0.25, 0.3) is 0 Å². The fourth-order valence-electron chi connectivity index (χ4n) is 2.56. The SMILES string of the molecule is C[C@@H](C[C@H](C)COCc1ccccc1)C[C@@H](C)CO. The molecule has 0 unspecified atom stereocenters. The molecule has 0 saturated carbocycles. The van der Waals surface area contributed by atoms with Gasteiger partial charge in [0.15, 0.2) is 0 Å². The van der Waals surface area contributed by atoms with Crippen LogP contribution in [0.1, 0.15) is 39.2 Å². The largest absolute Gasteiger partial charge is 0.396 e. The number of benzene rings is 1. The molecule has 0 amide bonds. The fraction of sp³-hybridized carbons (Fsp3) is 0.647. The van der Waals surface area contributed by atoms with Crippen molar-refractivity contribution in [3.05, 3.63) is 35.9 Å². The molecule has 2 nitrogen and oxygen atoms in total. The van der Waals surface area contributed by atoms with Gasteiger partial charge in [0, 0.05) is 13.2 Å². The van der Waals surface area contributed by atoms with Crippen LogP contribution < -0.4 is 0 Å². The van der Waals surface area contributed by atoms with E-state index in [0.717, 1.165) is 13.0 Å². The molecule has 0 saturated heterocycles. The van der Waals surface area contributed by atoms with E-state index < -0.39 is 0 Å². The molecule has 3 atom stereocenters. The molecule has 0 aliphatic carbocycles. The second-order valence-corrected chi connectivity index (χ2v) is 5.97. The third-order valence-electron chi connectivity index (χ3n) is 3.44. The van der Waals surface area contributed by atoms with E-state index in [1.54, 1.807) is 0 Å². The van der Waals surface area contributed by atoms with E-state index in [9.17, 15) is 0 Å². The van der Waals surface area contributed by atoms with Gasteiger partial charge in [-0.25, -0.2) is 0 Å². The highest BCUT2D eigenvalue weighted by Gasteiger charge is 2.12. The normalized spacial score (nSPS) is 16.0. The third kappa shape index (κ3) is 7.34. The molecule has 0 radical (unpaired) electrons. The molecule has 0 aromatic heterocycles. The molecule has 2 heteroatoms. The topological polar surface area (TPSA) is 29.5 Å². The Bertz CT molecular complexity index is 323. The standard InChI is InChI=1S/C17H28O2/c1-14(9-15(2)11-18)10-16(3)12-19-13-17-7-5-4-6-8-17/h4-8,14-16,18H,9-13H2,1-3H3/t14-,15-,16+/m1/s1. The zero-order valence-corrected chi connectivity index (χ0v) is 12.5. The van der Waals surface area contributed by atoms with E-state index in [1.165, 1.54) is 12.0 Å². The van der Waals surface area contributed by atoms with Gasteiger partial charge < -0.3 is 9.84 Å². The van der Waals surface area contributed by atoms with Crippen molar-refractivity contribution >= 4 is 0 Å². The Balaban J connectivity index is 2.15. The van der Waals surface area contributed by atoms with E-state index in [0.29, 0.717) is 31.0 Å². The highest BCUT2D eigenvalue weighted by atomic mass is 16.5. The zero-order valence-electron chi connectivity index (χ0n) is 12.5. The van der Waals surface area contributed by atoms with Crippen molar-refractivity contribution < 1.29 is 9.84 Å². The van der Waals surface area contributed by atoms with E-state index in [4.69, 9.17) is 9.84 Å². The molecule has 108 valence electrons. The summed E-state index contributed by atoms with van der Waals surface area (Å²) in [6.07, 6.45) is 2.26. The first-order valence-corrected chi connectivity index (χ1v) is 7.34. The van der Waals surface area contributed by atoms with Crippen molar-refractivity contribution in [2.24, 2.45) is 17.8 Å². The van der Waals surface area contributed by atoms with Gasteiger partial charge in [-0.1, -0.05) is 51.1 Å². The first kappa shape index (κ1) is 16.2. The van der Waals surface area contributed by atoms with Crippen LogP contribution >= 0.6 is 0 Å². The minimum Gasteiger partial charge on any atom is -0.396 e.